The Morgan fingerprint density at radius 1 is 1.14 bits per heavy atom. The second-order valence-electron chi connectivity index (χ2n) is 8.88. The van der Waals surface area contributed by atoms with Gasteiger partial charge in [-0.15, -0.1) is 0 Å². The predicted molar refractivity (Wildman–Crippen MR) is 140 cm³/mol. The molecule has 9 nitrogen and oxygen atoms in total. The number of amides is 2. The van der Waals surface area contributed by atoms with Gasteiger partial charge in [-0.05, 0) is 75.8 Å². The van der Waals surface area contributed by atoms with Crippen LogP contribution in [-0.4, -0.2) is 67.9 Å². The molecule has 2 aromatic rings. The van der Waals surface area contributed by atoms with Crippen molar-refractivity contribution in [2.24, 2.45) is 0 Å². The van der Waals surface area contributed by atoms with Crippen LogP contribution in [0.1, 0.15) is 48.1 Å². The summed E-state index contributed by atoms with van der Waals surface area (Å²) in [4.78, 5) is 28.5. The molecule has 0 spiro atoms. The Morgan fingerprint density at radius 3 is 2.64 bits per heavy atom. The zero-order chi connectivity index (χ0) is 26.1. The molecule has 0 fully saturated rings. The van der Waals surface area contributed by atoms with Crippen molar-refractivity contribution < 1.29 is 24.2 Å². The van der Waals surface area contributed by atoms with E-state index in [1.165, 1.54) is 9.91 Å². The van der Waals surface area contributed by atoms with Gasteiger partial charge in [0, 0.05) is 24.0 Å². The van der Waals surface area contributed by atoms with E-state index in [1.807, 2.05) is 50.2 Å². The Kier molecular flexibility index (Phi) is 9.72. The van der Waals surface area contributed by atoms with Crippen LogP contribution in [-0.2, 0) is 0 Å². The zero-order valence-electron chi connectivity index (χ0n) is 21.4. The van der Waals surface area contributed by atoms with Crippen LogP contribution in [0.25, 0.3) is 0 Å². The number of carbonyl (C=O) groups is 2. The van der Waals surface area contributed by atoms with Gasteiger partial charge in [0.15, 0.2) is 11.5 Å². The van der Waals surface area contributed by atoms with Crippen molar-refractivity contribution in [2.75, 3.05) is 45.8 Å². The standard InChI is InChI=1S/C27H36N4O5/c1-5-17-36-25-19-20(12-13-24(25)35-4)23-11-7-16-31(28-23)26(32)21-9-6-10-22(18-21)30(27(33)34)15-8-14-29(2)3/h6-7,9-10,12-13,16,18-19,23,28H,5,8,11,14-15,17H2,1-4H3,(H,33,34). The molecule has 1 unspecified atom stereocenters. The summed E-state index contributed by atoms with van der Waals surface area (Å²) >= 11 is 0. The van der Waals surface area contributed by atoms with Gasteiger partial charge in [0.2, 0.25) is 0 Å². The van der Waals surface area contributed by atoms with Gasteiger partial charge in [-0.3, -0.25) is 9.69 Å². The van der Waals surface area contributed by atoms with E-state index in [4.69, 9.17) is 9.47 Å². The van der Waals surface area contributed by atoms with E-state index in [0.717, 1.165) is 18.5 Å². The van der Waals surface area contributed by atoms with Crippen molar-refractivity contribution >= 4 is 17.7 Å². The largest absolute Gasteiger partial charge is 0.493 e. The van der Waals surface area contributed by atoms with Crippen LogP contribution in [0.4, 0.5) is 10.5 Å². The highest BCUT2D eigenvalue weighted by molar-refractivity contribution is 5.97. The number of benzene rings is 2. The van der Waals surface area contributed by atoms with E-state index in [1.54, 1.807) is 37.6 Å². The summed E-state index contributed by atoms with van der Waals surface area (Å²) in [5, 5.41) is 11.2. The molecule has 2 amide bonds. The van der Waals surface area contributed by atoms with Gasteiger partial charge in [-0.2, -0.15) is 0 Å². The van der Waals surface area contributed by atoms with Crippen molar-refractivity contribution in [1.82, 2.24) is 15.3 Å². The molecule has 9 heteroatoms. The van der Waals surface area contributed by atoms with Crippen molar-refractivity contribution in [3.05, 3.63) is 65.9 Å². The van der Waals surface area contributed by atoms with Crippen molar-refractivity contribution in [1.29, 1.82) is 0 Å². The first-order valence-electron chi connectivity index (χ1n) is 12.2. The number of nitrogens with zero attached hydrogens (tertiary/aromatic N) is 3. The highest BCUT2D eigenvalue weighted by atomic mass is 16.5. The van der Waals surface area contributed by atoms with Gasteiger partial charge < -0.3 is 19.5 Å². The van der Waals surface area contributed by atoms with Gasteiger partial charge in [0.1, 0.15) is 0 Å². The lowest BCUT2D eigenvalue weighted by Crippen LogP contribution is -2.43. The number of carbonyl (C=O) groups excluding carboxylic acids is 1. The molecule has 2 aromatic carbocycles. The topological polar surface area (TPSA) is 94.6 Å². The number of hydrogen-bond acceptors (Lipinski definition) is 6. The highest BCUT2D eigenvalue weighted by Crippen LogP contribution is 2.32. The molecular weight excluding hydrogens is 460 g/mol. The monoisotopic (exact) mass is 496 g/mol. The fourth-order valence-corrected chi connectivity index (χ4v) is 3.96. The maximum atomic E-state index is 13.3. The fraction of sp³-hybridized carbons (Fsp3) is 0.407. The summed E-state index contributed by atoms with van der Waals surface area (Å²) in [6.07, 6.45) is 4.85. The number of anilines is 1. The number of rotatable bonds is 11. The zero-order valence-corrected chi connectivity index (χ0v) is 21.4. The number of hydrogen-bond donors (Lipinski definition) is 2. The van der Waals surface area contributed by atoms with Gasteiger partial charge in [-0.1, -0.05) is 25.1 Å². The third-order valence-corrected chi connectivity index (χ3v) is 5.81. The lowest BCUT2D eigenvalue weighted by molar-refractivity contribution is 0.0713. The van der Waals surface area contributed by atoms with Crippen molar-refractivity contribution in [2.45, 2.75) is 32.2 Å². The molecule has 0 saturated heterocycles. The van der Waals surface area contributed by atoms with Crippen LogP contribution in [0.2, 0.25) is 0 Å². The summed E-state index contributed by atoms with van der Waals surface area (Å²) in [6, 6.07) is 12.3. The molecule has 0 bridgehead atoms. The summed E-state index contributed by atoms with van der Waals surface area (Å²) in [5.41, 5.74) is 5.10. The molecule has 0 saturated carbocycles. The molecule has 1 atom stereocenters. The minimum absolute atomic E-state index is 0.140. The normalized spacial score (nSPS) is 15.1. The Hall–Kier alpha value is -3.56. The third kappa shape index (κ3) is 6.99. The molecule has 194 valence electrons. The first kappa shape index (κ1) is 27.0. The van der Waals surface area contributed by atoms with E-state index in [2.05, 4.69) is 5.43 Å². The average Bonchev–Trinajstić information content (AvgIpc) is 2.89. The average molecular weight is 497 g/mol. The molecule has 0 aromatic heterocycles. The molecule has 36 heavy (non-hydrogen) atoms. The molecule has 1 aliphatic rings. The lowest BCUT2D eigenvalue weighted by Gasteiger charge is -2.30. The van der Waals surface area contributed by atoms with Crippen LogP contribution in [0.15, 0.2) is 54.7 Å². The van der Waals surface area contributed by atoms with Crippen LogP contribution >= 0.6 is 0 Å². The third-order valence-electron chi connectivity index (χ3n) is 5.81. The number of ether oxygens (including phenoxy) is 2. The van der Waals surface area contributed by atoms with Crippen LogP contribution in [0.3, 0.4) is 0 Å². The highest BCUT2D eigenvalue weighted by Gasteiger charge is 2.24. The summed E-state index contributed by atoms with van der Waals surface area (Å²) in [5.74, 6) is 1.06. The first-order valence-corrected chi connectivity index (χ1v) is 12.2. The van der Waals surface area contributed by atoms with Gasteiger partial charge in [0.05, 0.1) is 19.8 Å². The second kappa shape index (κ2) is 12.9. The van der Waals surface area contributed by atoms with Crippen LogP contribution in [0.5, 0.6) is 11.5 Å². The molecule has 0 aliphatic carbocycles. The minimum Gasteiger partial charge on any atom is -0.493 e. The van der Waals surface area contributed by atoms with E-state index >= 15 is 0 Å². The summed E-state index contributed by atoms with van der Waals surface area (Å²) in [7, 11) is 5.50. The maximum Gasteiger partial charge on any atom is 0.411 e. The number of methoxy groups -OCH3 is 1. The quantitative estimate of drug-likeness (QED) is 0.472. The molecule has 3 rings (SSSR count). The van der Waals surface area contributed by atoms with E-state index in [-0.39, 0.29) is 11.9 Å². The first-order chi connectivity index (χ1) is 17.3. The Morgan fingerprint density at radius 2 is 1.94 bits per heavy atom. The molecule has 2 N–H and O–H groups in total. The lowest BCUT2D eigenvalue weighted by atomic mass is 10.0. The summed E-state index contributed by atoms with van der Waals surface area (Å²) in [6.45, 7) is 3.74. The number of carboxylic acid groups (broad SMARTS) is 1. The Bertz CT molecular complexity index is 1070. The molecule has 0 radical (unpaired) electrons. The molecule has 1 aliphatic heterocycles. The number of hydrazine groups is 1. The Balaban J connectivity index is 1.75. The van der Waals surface area contributed by atoms with E-state index in [9.17, 15) is 14.7 Å². The van der Waals surface area contributed by atoms with Gasteiger partial charge >= 0.3 is 6.09 Å². The second-order valence-corrected chi connectivity index (χ2v) is 8.88. The van der Waals surface area contributed by atoms with Crippen LogP contribution in [0, 0.1) is 0 Å². The van der Waals surface area contributed by atoms with E-state index < -0.39 is 6.09 Å². The van der Waals surface area contributed by atoms with Crippen molar-refractivity contribution in [3.63, 3.8) is 0 Å². The SMILES string of the molecule is CCCOc1cc(C2CC=CN(C(=O)c3cccc(N(CCCN(C)C)C(=O)O)c3)N2)ccc1OC. The predicted octanol–water partition coefficient (Wildman–Crippen LogP) is 4.53. The van der Waals surface area contributed by atoms with E-state index in [0.29, 0.717) is 48.7 Å². The smallest absolute Gasteiger partial charge is 0.411 e. The van der Waals surface area contributed by atoms with Crippen LogP contribution < -0.4 is 19.8 Å². The van der Waals surface area contributed by atoms with Gasteiger partial charge in [0.25, 0.3) is 5.91 Å². The van der Waals surface area contributed by atoms with Gasteiger partial charge in [-0.25, -0.2) is 15.2 Å². The summed E-state index contributed by atoms with van der Waals surface area (Å²) < 4.78 is 11.3. The minimum atomic E-state index is -1.05. The fourth-order valence-electron chi connectivity index (χ4n) is 3.96. The Labute approximate surface area is 212 Å². The molecule has 1 heterocycles. The number of nitrogens with one attached hydrogen (secondary N) is 1. The molecular formula is C27H36N4O5. The van der Waals surface area contributed by atoms with Crippen molar-refractivity contribution in [3.8, 4) is 11.5 Å². The maximum absolute atomic E-state index is 13.3.